The molecule has 0 radical (unpaired) electrons. The van der Waals surface area contributed by atoms with E-state index < -0.39 is 0 Å². The lowest BCUT2D eigenvalue weighted by Gasteiger charge is -2.46. The lowest BCUT2D eigenvalue weighted by molar-refractivity contribution is -0.0506. The fourth-order valence-electron chi connectivity index (χ4n) is 2.91. The third-order valence-electron chi connectivity index (χ3n) is 3.97. The van der Waals surface area contributed by atoms with Crippen LogP contribution in [0.5, 0.6) is 0 Å². The second-order valence-corrected chi connectivity index (χ2v) is 5.63. The predicted octanol–water partition coefficient (Wildman–Crippen LogP) is 1.81. The summed E-state index contributed by atoms with van der Waals surface area (Å²) in [4.78, 5) is 2.39. The van der Waals surface area contributed by atoms with E-state index in [9.17, 15) is 4.39 Å². The van der Waals surface area contributed by atoms with Gasteiger partial charge in [0, 0.05) is 24.7 Å². The summed E-state index contributed by atoms with van der Waals surface area (Å²) in [5, 5.41) is 0. The van der Waals surface area contributed by atoms with Gasteiger partial charge in [0.05, 0.1) is 13.2 Å². The van der Waals surface area contributed by atoms with Gasteiger partial charge in [-0.2, -0.15) is 0 Å². The molecule has 0 aromatic heterocycles. The zero-order valence-electron chi connectivity index (χ0n) is 11.7. The molecule has 1 fully saturated rings. The van der Waals surface area contributed by atoms with Crippen molar-refractivity contribution in [3.8, 4) is 0 Å². The first kappa shape index (κ1) is 14.4. The molecular weight excluding hydrogens is 243 g/mol. The molecule has 0 amide bonds. The van der Waals surface area contributed by atoms with Gasteiger partial charge in [0.15, 0.2) is 0 Å². The maximum Gasteiger partial charge on any atom is 0.123 e. The largest absolute Gasteiger partial charge is 0.379 e. The van der Waals surface area contributed by atoms with Gasteiger partial charge in [-0.05, 0) is 38.0 Å². The number of morpholine rings is 1. The minimum absolute atomic E-state index is 0.156. The van der Waals surface area contributed by atoms with E-state index in [2.05, 4.69) is 18.7 Å². The number of rotatable bonds is 4. The molecule has 2 N–H and O–H groups in total. The van der Waals surface area contributed by atoms with E-state index in [1.807, 2.05) is 6.07 Å². The summed E-state index contributed by atoms with van der Waals surface area (Å²) in [5.74, 6) is -0.188. The lowest BCUT2D eigenvalue weighted by Crippen LogP contribution is -2.60. The van der Waals surface area contributed by atoms with E-state index in [0.29, 0.717) is 12.6 Å². The minimum Gasteiger partial charge on any atom is -0.379 e. The van der Waals surface area contributed by atoms with Crippen LogP contribution in [0.1, 0.15) is 19.4 Å². The SMILES string of the molecule is CC1COCCN1C(C)(CN)Cc1cccc(F)c1. The highest BCUT2D eigenvalue weighted by Crippen LogP contribution is 2.24. The highest BCUT2D eigenvalue weighted by molar-refractivity contribution is 5.19. The molecule has 0 saturated carbocycles. The molecule has 2 atom stereocenters. The van der Waals surface area contributed by atoms with Crippen molar-refractivity contribution in [1.82, 2.24) is 4.90 Å². The van der Waals surface area contributed by atoms with E-state index in [4.69, 9.17) is 10.5 Å². The highest BCUT2D eigenvalue weighted by atomic mass is 19.1. The van der Waals surface area contributed by atoms with Gasteiger partial charge in [0.1, 0.15) is 5.82 Å². The zero-order chi connectivity index (χ0) is 13.9. The van der Waals surface area contributed by atoms with Crippen molar-refractivity contribution in [2.45, 2.75) is 31.8 Å². The van der Waals surface area contributed by atoms with Gasteiger partial charge in [-0.1, -0.05) is 12.1 Å². The van der Waals surface area contributed by atoms with Crippen molar-refractivity contribution < 1.29 is 9.13 Å². The molecule has 1 saturated heterocycles. The van der Waals surface area contributed by atoms with Gasteiger partial charge in [0.2, 0.25) is 0 Å². The van der Waals surface area contributed by atoms with E-state index in [-0.39, 0.29) is 11.4 Å². The van der Waals surface area contributed by atoms with Crippen molar-refractivity contribution in [1.29, 1.82) is 0 Å². The van der Waals surface area contributed by atoms with Crippen LogP contribution in [-0.4, -0.2) is 42.8 Å². The summed E-state index contributed by atoms with van der Waals surface area (Å²) < 4.78 is 18.8. The number of ether oxygens (including phenoxy) is 1. The minimum atomic E-state index is -0.188. The van der Waals surface area contributed by atoms with Gasteiger partial charge in [-0.15, -0.1) is 0 Å². The molecule has 1 aromatic rings. The Morgan fingerprint density at radius 1 is 1.53 bits per heavy atom. The first-order valence-electron chi connectivity index (χ1n) is 6.84. The van der Waals surface area contributed by atoms with Gasteiger partial charge in [0.25, 0.3) is 0 Å². The molecule has 3 nitrogen and oxygen atoms in total. The second-order valence-electron chi connectivity index (χ2n) is 5.63. The van der Waals surface area contributed by atoms with E-state index in [1.54, 1.807) is 12.1 Å². The number of nitrogens with two attached hydrogens (primary N) is 1. The smallest absolute Gasteiger partial charge is 0.123 e. The zero-order valence-corrected chi connectivity index (χ0v) is 11.7. The van der Waals surface area contributed by atoms with Gasteiger partial charge in [-0.3, -0.25) is 4.90 Å². The lowest BCUT2D eigenvalue weighted by atomic mass is 9.89. The molecule has 0 aliphatic carbocycles. The molecule has 2 unspecified atom stereocenters. The van der Waals surface area contributed by atoms with Gasteiger partial charge >= 0.3 is 0 Å². The third-order valence-corrected chi connectivity index (χ3v) is 3.97. The molecule has 19 heavy (non-hydrogen) atoms. The molecule has 106 valence electrons. The Bertz CT molecular complexity index is 426. The van der Waals surface area contributed by atoms with E-state index in [0.717, 1.165) is 31.7 Å². The fraction of sp³-hybridized carbons (Fsp3) is 0.600. The Kier molecular flexibility index (Phi) is 4.55. The monoisotopic (exact) mass is 266 g/mol. The van der Waals surface area contributed by atoms with Crippen LogP contribution in [0.15, 0.2) is 24.3 Å². The quantitative estimate of drug-likeness (QED) is 0.903. The maximum atomic E-state index is 13.3. The summed E-state index contributed by atoms with van der Waals surface area (Å²) in [7, 11) is 0. The number of benzene rings is 1. The van der Waals surface area contributed by atoms with Gasteiger partial charge < -0.3 is 10.5 Å². The summed E-state index contributed by atoms with van der Waals surface area (Å²) in [5.41, 5.74) is 6.85. The van der Waals surface area contributed by atoms with Crippen LogP contribution in [0.3, 0.4) is 0 Å². The number of nitrogens with zero attached hydrogens (tertiary/aromatic N) is 1. The van der Waals surface area contributed by atoms with Crippen LogP contribution in [0.25, 0.3) is 0 Å². The van der Waals surface area contributed by atoms with Crippen LogP contribution in [0.2, 0.25) is 0 Å². The first-order chi connectivity index (χ1) is 9.05. The third kappa shape index (κ3) is 3.32. The average Bonchev–Trinajstić information content (AvgIpc) is 2.39. The van der Waals surface area contributed by atoms with Crippen LogP contribution < -0.4 is 5.73 Å². The Hall–Kier alpha value is -0.970. The van der Waals surface area contributed by atoms with Gasteiger partial charge in [-0.25, -0.2) is 4.39 Å². The Labute approximate surface area is 114 Å². The van der Waals surface area contributed by atoms with E-state index in [1.165, 1.54) is 6.07 Å². The molecule has 1 aromatic carbocycles. The Balaban J connectivity index is 2.17. The summed E-state index contributed by atoms with van der Waals surface area (Å²) in [6.45, 7) is 7.21. The molecular formula is C15H23FN2O. The number of hydrogen-bond donors (Lipinski definition) is 1. The normalized spacial score (nSPS) is 24.1. The van der Waals surface area contributed by atoms with Crippen molar-refractivity contribution in [3.05, 3.63) is 35.6 Å². The molecule has 1 aliphatic rings. The summed E-state index contributed by atoms with van der Waals surface area (Å²) in [6, 6.07) is 7.13. The fourth-order valence-corrected chi connectivity index (χ4v) is 2.91. The molecule has 0 spiro atoms. The standard InChI is InChI=1S/C15H23FN2O/c1-12-10-19-7-6-18(12)15(2,11-17)9-13-4-3-5-14(16)8-13/h3-5,8,12H,6-7,9-11,17H2,1-2H3. The van der Waals surface area contributed by atoms with Crippen LogP contribution in [0, 0.1) is 5.82 Å². The molecule has 0 bridgehead atoms. The average molecular weight is 266 g/mol. The predicted molar refractivity (Wildman–Crippen MR) is 74.6 cm³/mol. The second kappa shape index (κ2) is 5.99. The molecule has 4 heteroatoms. The number of hydrogen-bond acceptors (Lipinski definition) is 3. The van der Waals surface area contributed by atoms with Crippen molar-refractivity contribution in [2.24, 2.45) is 5.73 Å². The van der Waals surface area contributed by atoms with Crippen molar-refractivity contribution >= 4 is 0 Å². The Morgan fingerprint density at radius 3 is 2.95 bits per heavy atom. The Morgan fingerprint density at radius 2 is 2.32 bits per heavy atom. The van der Waals surface area contributed by atoms with Crippen LogP contribution in [-0.2, 0) is 11.2 Å². The summed E-state index contributed by atoms with van der Waals surface area (Å²) >= 11 is 0. The topological polar surface area (TPSA) is 38.5 Å². The van der Waals surface area contributed by atoms with Crippen LogP contribution in [0.4, 0.5) is 4.39 Å². The molecule has 2 rings (SSSR count). The van der Waals surface area contributed by atoms with E-state index >= 15 is 0 Å². The molecule has 1 aliphatic heterocycles. The van der Waals surface area contributed by atoms with Crippen LogP contribution >= 0.6 is 0 Å². The first-order valence-corrected chi connectivity index (χ1v) is 6.84. The van der Waals surface area contributed by atoms with Crippen molar-refractivity contribution in [3.63, 3.8) is 0 Å². The molecule has 1 heterocycles. The maximum absolute atomic E-state index is 13.3. The van der Waals surface area contributed by atoms with Crippen molar-refractivity contribution in [2.75, 3.05) is 26.3 Å². The summed E-state index contributed by atoms with van der Waals surface area (Å²) in [6.07, 6.45) is 0.756. The number of halogens is 1. The highest BCUT2D eigenvalue weighted by Gasteiger charge is 2.35.